The Labute approximate surface area is 88.7 Å². The van der Waals surface area contributed by atoms with Crippen LogP contribution in [-0.4, -0.2) is 4.98 Å². The highest BCUT2D eigenvalue weighted by Crippen LogP contribution is 2.29. The molecule has 2 rings (SSSR count). The molecule has 72 valence electrons. The highest BCUT2D eigenvalue weighted by atomic mass is 35.5. The van der Waals surface area contributed by atoms with Crippen LogP contribution in [0.2, 0.25) is 5.02 Å². The molecule has 0 radical (unpaired) electrons. The molecule has 0 bridgehead atoms. The van der Waals surface area contributed by atoms with Crippen LogP contribution in [0.1, 0.15) is 25.5 Å². The lowest BCUT2D eigenvalue weighted by Gasteiger charge is -2.09. The van der Waals surface area contributed by atoms with E-state index in [1.54, 1.807) is 0 Å². The van der Waals surface area contributed by atoms with Crippen LogP contribution in [0.3, 0.4) is 0 Å². The van der Waals surface area contributed by atoms with Crippen molar-refractivity contribution in [3.63, 3.8) is 0 Å². The molecule has 0 fully saturated rings. The van der Waals surface area contributed by atoms with Gasteiger partial charge in [-0.05, 0) is 23.4 Å². The Morgan fingerprint density at radius 2 is 2.00 bits per heavy atom. The zero-order chi connectivity index (χ0) is 10.1. The first-order valence-corrected chi connectivity index (χ1v) is 5.11. The molecule has 0 aliphatic heterocycles. The second-order valence-corrected chi connectivity index (χ2v) is 4.10. The molecule has 0 amide bonds. The third kappa shape index (κ3) is 1.48. The molecular weight excluding hydrogens is 194 g/mol. The maximum absolute atomic E-state index is 6.17. The summed E-state index contributed by atoms with van der Waals surface area (Å²) in [6.45, 7) is 4.26. The fourth-order valence-electron chi connectivity index (χ4n) is 1.65. The number of rotatable bonds is 1. The standard InChI is InChI=1S/C12H12ClN/c1-8(2)12-11-9(6-7-14-12)4-3-5-10(11)13/h3-8H,1-2H3. The van der Waals surface area contributed by atoms with Gasteiger partial charge in [0.2, 0.25) is 0 Å². The van der Waals surface area contributed by atoms with Crippen LogP contribution in [0, 0.1) is 0 Å². The third-order valence-corrected chi connectivity index (χ3v) is 2.63. The first-order valence-electron chi connectivity index (χ1n) is 4.73. The third-order valence-electron chi connectivity index (χ3n) is 2.32. The molecule has 1 aromatic heterocycles. The summed E-state index contributed by atoms with van der Waals surface area (Å²) < 4.78 is 0. The van der Waals surface area contributed by atoms with Crippen molar-refractivity contribution in [1.29, 1.82) is 0 Å². The lowest BCUT2D eigenvalue weighted by atomic mass is 10.0. The SMILES string of the molecule is CC(C)c1nccc2cccc(Cl)c12. The molecule has 0 saturated carbocycles. The van der Waals surface area contributed by atoms with Gasteiger partial charge in [-0.1, -0.05) is 37.6 Å². The topological polar surface area (TPSA) is 12.9 Å². The number of nitrogens with zero attached hydrogens (tertiary/aromatic N) is 1. The molecule has 0 N–H and O–H groups in total. The van der Waals surface area contributed by atoms with Gasteiger partial charge in [-0.15, -0.1) is 0 Å². The second kappa shape index (κ2) is 3.58. The number of hydrogen-bond donors (Lipinski definition) is 0. The van der Waals surface area contributed by atoms with Crippen molar-refractivity contribution in [2.24, 2.45) is 0 Å². The number of fused-ring (bicyclic) bond motifs is 1. The Kier molecular flexibility index (Phi) is 2.42. The Hall–Kier alpha value is -1.08. The molecule has 1 nitrogen and oxygen atoms in total. The maximum Gasteiger partial charge on any atom is 0.0522 e. The van der Waals surface area contributed by atoms with E-state index in [-0.39, 0.29) is 0 Å². The molecule has 2 aromatic rings. The zero-order valence-electron chi connectivity index (χ0n) is 8.29. The van der Waals surface area contributed by atoms with Crippen molar-refractivity contribution in [2.45, 2.75) is 19.8 Å². The van der Waals surface area contributed by atoms with Crippen LogP contribution < -0.4 is 0 Å². The van der Waals surface area contributed by atoms with Crippen molar-refractivity contribution in [1.82, 2.24) is 4.98 Å². The highest BCUT2D eigenvalue weighted by Gasteiger charge is 2.08. The average molecular weight is 206 g/mol. The molecule has 0 saturated heterocycles. The number of pyridine rings is 1. The number of benzene rings is 1. The minimum Gasteiger partial charge on any atom is -0.260 e. The van der Waals surface area contributed by atoms with Gasteiger partial charge >= 0.3 is 0 Å². The summed E-state index contributed by atoms with van der Waals surface area (Å²) in [7, 11) is 0. The van der Waals surface area contributed by atoms with E-state index in [4.69, 9.17) is 11.6 Å². The smallest absolute Gasteiger partial charge is 0.0522 e. The Morgan fingerprint density at radius 3 is 2.71 bits per heavy atom. The van der Waals surface area contributed by atoms with Crippen molar-refractivity contribution >= 4 is 22.4 Å². The fraction of sp³-hybridized carbons (Fsp3) is 0.250. The van der Waals surface area contributed by atoms with E-state index < -0.39 is 0 Å². The molecule has 0 aliphatic rings. The summed E-state index contributed by atoms with van der Waals surface area (Å²) in [5.74, 6) is 0.401. The van der Waals surface area contributed by atoms with E-state index in [1.807, 2.05) is 24.4 Å². The first kappa shape index (κ1) is 9.47. The summed E-state index contributed by atoms with van der Waals surface area (Å²) in [6.07, 6.45) is 1.84. The van der Waals surface area contributed by atoms with Gasteiger partial charge < -0.3 is 0 Å². The highest BCUT2D eigenvalue weighted by molar-refractivity contribution is 6.35. The molecule has 1 aromatic carbocycles. The normalized spacial score (nSPS) is 11.1. The van der Waals surface area contributed by atoms with Crippen molar-refractivity contribution in [3.8, 4) is 0 Å². The van der Waals surface area contributed by atoms with E-state index in [9.17, 15) is 0 Å². The number of hydrogen-bond acceptors (Lipinski definition) is 1. The molecule has 0 aliphatic carbocycles. The minimum absolute atomic E-state index is 0.401. The van der Waals surface area contributed by atoms with E-state index in [2.05, 4.69) is 24.9 Å². The van der Waals surface area contributed by atoms with Gasteiger partial charge in [0.15, 0.2) is 0 Å². The van der Waals surface area contributed by atoms with Gasteiger partial charge in [-0.3, -0.25) is 4.98 Å². The van der Waals surface area contributed by atoms with Crippen LogP contribution in [0.5, 0.6) is 0 Å². The van der Waals surface area contributed by atoms with Gasteiger partial charge in [-0.2, -0.15) is 0 Å². The summed E-state index contributed by atoms with van der Waals surface area (Å²) >= 11 is 6.17. The first-order chi connectivity index (χ1) is 6.70. The molecular formula is C12H12ClN. The second-order valence-electron chi connectivity index (χ2n) is 3.69. The van der Waals surface area contributed by atoms with Gasteiger partial charge in [-0.25, -0.2) is 0 Å². The van der Waals surface area contributed by atoms with Gasteiger partial charge in [0.05, 0.1) is 10.7 Å². The quantitative estimate of drug-likeness (QED) is 0.686. The Morgan fingerprint density at radius 1 is 1.21 bits per heavy atom. The van der Waals surface area contributed by atoms with Crippen LogP contribution in [0.15, 0.2) is 30.5 Å². The Bertz CT molecular complexity index is 458. The van der Waals surface area contributed by atoms with Crippen molar-refractivity contribution in [2.75, 3.05) is 0 Å². The molecule has 1 heterocycles. The summed E-state index contributed by atoms with van der Waals surface area (Å²) in [5, 5.41) is 3.04. The predicted molar refractivity (Wildman–Crippen MR) is 60.8 cm³/mol. The van der Waals surface area contributed by atoms with Gasteiger partial charge in [0.25, 0.3) is 0 Å². The van der Waals surface area contributed by atoms with Crippen LogP contribution in [0.4, 0.5) is 0 Å². The fourth-order valence-corrected chi connectivity index (χ4v) is 1.93. The predicted octanol–water partition coefficient (Wildman–Crippen LogP) is 4.01. The molecule has 14 heavy (non-hydrogen) atoms. The molecule has 0 unspecified atom stereocenters. The van der Waals surface area contributed by atoms with Gasteiger partial charge in [0, 0.05) is 11.6 Å². The largest absolute Gasteiger partial charge is 0.260 e. The minimum atomic E-state index is 0.401. The lowest BCUT2D eigenvalue weighted by molar-refractivity contribution is 0.834. The van der Waals surface area contributed by atoms with Gasteiger partial charge in [0.1, 0.15) is 0 Å². The van der Waals surface area contributed by atoms with Crippen molar-refractivity contribution < 1.29 is 0 Å². The molecule has 2 heteroatoms. The lowest BCUT2D eigenvalue weighted by Crippen LogP contribution is -1.93. The van der Waals surface area contributed by atoms with E-state index in [0.29, 0.717) is 5.92 Å². The van der Waals surface area contributed by atoms with E-state index in [0.717, 1.165) is 21.5 Å². The van der Waals surface area contributed by atoms with E-state index >= 15 is 0 Å². The van der Waals surface area contributed by atoms with E-state index in [1.165, 1.54) is 0 Å². The summed E-state index contributed by atoms with van der Waals surface area (Å²) in [6, 6.07) is 7.94. The van der Waals surface area contributed by atoms with Crippen molar-refractivity contribution in [3.05, 3.63) is 41.2 Å². The number of aromatic nitrogens is 1. The molecule has 0 atom stereocenters. The summed E-state index contributed by atoms with van der Waals surface area (Å²) in [5.41, 5.74) is 1.08. The van der Waals surface area contributed by atoms with Crippen LogP contribution in [-0.2, 0) is 0 Å². The zero-order valence-corrected chi connectivity index (χ0v) is 9.05. The van der Waals surface area contributed by atoms with Crippen LogP contribution in [0.25, 0.3) is 10.8 Å². The number of halogens is 1. The average Bonchev–Trinajstić information content (AvgIpc) is 2.17. The maximum atomic E-state index is 6.17. The monoisotopic (exact) mass is 205 g/mol. The van der Waals surface area contributed by atoms with Crippen LogP contribution >= 0.6 is 11.6 Å². The summed E-state index contributed by atoms with van der Waals surface area (Å²) in [4.78, 5) is 4.38. The molecule has 0 spiro atoms. The Balaban J connectivity index is 2.84.